The molecule has 4 heteroatoms. The highest BCUT2D eigenvalue weighted by atomic mass is 16.3. The number of aromatic nitrogens is 1. The minimum Gasteiger partial charge on any atom is -0.437 e. The van der Waals surface area contributed by atoms with Gasteiger partial charge in [0.25, 0.3) is 0 Å². The van der Waals surface area contributed by atoms with Gasteiger partial charge in [0.15, 0.2) is 0 Å². The molecule has 0 bridgehead atoms. The highest BCUT2D eigenvalue weighted by Gasteiger charge is 2.08. The Morgan fingerprint density at radius 1 is 1.28 bits per heavy atom. The molecule has 2 heterocycles. The van der Waals surface area contributed by atoms with Crippen molar-refractivity contribution in [1.82, 2.24) is 4.98 Å². The lowest BCUT2D eigenvalue weighted by Gasteiger charge is -2.01. The molecule has 2 aromatic heterocycles. The molecule has 0 amide bonds. The van der Waals surface area contributed by atoms with Crippen LogP contribution in [0.1, 0.15) is 5.56 Å². The van der Waals surface area contributed by atoms with Crippen LogP contribution in [-0.4, -0.2) is 4.98 Å². The highest BCUT2D eigenvalue weighted by Crippen LogP contribution is 2.18. The van der Waals surface area contributed by atoms with Gasteiger partial charge in [-0.2, -0.15) is 5.26 Å². The summed E-state index contributed by atoms with van der Waals surface area (Å²) in [5.74, 6) is 0. The molecule has 0 atom stereocenters. The molecule has 0 aliphatic heterocycles. The van der Waals surface area contributed by atoms with E-state index in [2.05, 4.69) is 11.1 Å². The van der Waals surface area contributed by atoms with Crippen LogP contribution in [0, 0.1) is 11.3 Å². The van der Waals surface area contributed by atoms with E-state index in [0.717, 1.165) is 5.56 Å². The number of pyridine rings is 1. The van der Waals surface area contributed by atoms with Crippen LogP contribution in [0.15, 0.2) is 45.7 Å². The summed E-state index contributed by atoms with van der Waals surface area (Å²) in [6.07, 6.45) is 1.86. The van der Waals surface area contributed by atoms with Crippen LogP contribution >= 0.6 is 0 Å². The van der Waals surface area contributed by atoms with Crippen LogP contribution in [0.5, 0.6) is 0 Å². The van der Waals surface area contributed by atoms with Crippen molar-refractivity contribution in [2.24, 2.45) is 0 Å². The molecule has 0 saturated heterocycles. The zero-order valence-electron chi connectivity index (χ0n) is 9.38. The lowest BCUT2D eigenvalue weighted by Crippen LogP contribution is -2.03. The van der Waals surface area contributed by atoms with Gasteiger partial charge in [-0.1, -0.05) is 6.07 Å². The van der Waals surface area contributed by atoms with E-state index in [0.29, 0.717) is 22.1 Å². The Hall–Kier alpha value is -2.67. The molecular formula is C14H8N2O2. The first-order valence-electron chi connectivity index (χ1n) is 5.47. The van der Waals surface area contributed by atoms with Crippen LogP contribution in [0.25, 0.3) is 22.1 Å². The summed E-state index contributed by atoms with van der Waals surface area (Å²) >= 11 is 0. The standard InChI is InChI=1S/C14H8N2O2/c15-6-5-9-3-4-12-11(8-9)13(17)10-2-1-7-16-14(10)18-12/h1-4,7-8H,5H2. The zero-order chi connectivity index (χ0) is 12.5. The Morgan fingerprint density at radius 2 is 2.17 bits per heavy atom. The van der Waals surface area contributed by atoms with Crippen molar-refractivity contribution < 1.29 is 4.42 Å². The molecule has 0 saturated carbocycles. The largest absolute Gasteiger partial charge is 0.437 e. The van der Waals surface area contributed by atoms with Gasteiger partial charge in [-0.25, -0.2) is 4.98 Å². The van der Waals surface area contributed by atoms with E-state index in [4.69, 9.17) is 9.68 Å². The van der Waals surface area contributed by atoms with Gasteiger partial charge in [0, 0.05) is 6.20 Å². The van der Waals surface area contributed by atoms with E-state index in [-0.39, 0.29) is 11.8 Å². The van der Waals surface area contributed by atoms with Gasteiger partial charge in [0.2, 0.25) is 11.1 Å². The molecule has 0 N–H and O–H groups in total. The molecule has 4 nitrogen and oxygen atoms in total. The van der Waals surface area contributed by atoms with E-state index in [1.807, 2.05) is 0 Å². The number of rotatable bonds is 1. The van der Waals surface area contributed by atoms with Crippen molar-refractivity contribution in [2.75, 3.05) is 0 Å². The zero-order valence-corrected chi connectivity index (χ0v) is 9.38. The average Bonchev–Trinajstić information content (AvgIpc) is 2.40. The number of fused-ring (bicyclic) bond motifs is 2. The lowest BCUT2D eigenvalue weighted by atomic mass is 10.1. The second-order valence-electron chi connectivity index (χ2n) is 3.95. The van der Waals surface area contributed by atoms with E-state index < -0.39 is 0 Å². The molecule has 86 valence electrons. The van der Waals surface area contributed by atoms with Crippen LogP contribution in [0.2, 0.25) is 0 Å². The smallest absolute Gasteiger partial charge is 0.230 e. The van der Waals surface area contributed by atoms with Gasteiger partial charge in [0.05, 0.1) is 23.3 Å². The molecule has 3 rings (SSSR count). The highest BCUT2D eigenvalue weighted by molar-refractivity contribution is 5.88. The Labute approximate surface area is 102 Å². The van der Waals surface area contributed by atoms with E-state index in [9.17, 15) is 4.79 Å². The van der Waals surface area contributed by atoms with Crippen molar-refractivity contribution in [3.05, 3.63) is 52.3 Å². The van der Waals surface area contributed by atoms with Crippen molar-refractivity contribution in [3.8, 4) is 6.07 Å². The van der Waals surface area contributed by atoms with E-state index in [1.165, 1.54) is 0 Å². The van der Waals surface area contributed by atoms with Crippen LogP contribution in [0.4, 0.5) is 0 Å². The molecule has 18 heavy (non-hydrogen) atoms. The number of nitrogens with zero attached hydrogens (tertiary/aromatic N) is 2. The monoisotopic (exact) mass is 236 g/mol. The van der Waals surface area contributed by atoms with Gasteiger partial charge < -0.3 is 4.42 Å². The minimum absolute atomic E-state index is 0.112. The predicted molar refractivity (Wildman–Crippen MR) is 67.1 cm³/mol. The summed E-state index contributed by atoms with van der Waals surface area (Å²) in [6.45, 7) is 0. The first-order chi connectivity index (χ1) is 8.79. The Kier molecular flexibility index (Phi) is 2.31. The maximum Gasteiger partial charge on any atom is 0.230 e. The fraction of sp³-hybridized carbons (Fsp3) is 0.0714. The Balaban J connectivity index is 2.42. The first kappa shape index (κ1) is 10.5. The van der Waals surface area contributed by atoms with Crippen molar-refractivity contribution >= 4 is 22.1 Å². The van der Waals surface area contributed by atoms with Crippen molar-refractivity contribution in [2.45, 2.75) is 6.42 Å². The molecular weight excluding hydrogens is 228 g/mol. The van der Waals surface area contributed by atoms with Gasteiger partial charge >= 0.3 is 0 Å². The van der Waals surface area contributed by atoms with Crippen molar-refractivity contribution in [1.29, 1.82) is 5.26 Å². The third kappa shape index (κ3) is 1.54. The van der Waals surface area contributed by atoms with Gasteiger partial charge in [-0.3, -0.25) is 4.79 Å². The van der Waals surface area contributed by atoms with E-state index in [1.54, 1.807) is 36.5 Å². The quantitative estimate of drug-likeness (QED) is 0.608. The SMILES string of the molecule is N#CCc1ccc2oc3ncccc3c(=O)c2c1. The summed E-state index contributed by atoms with van der Waals surface area (Å²) in [5.41, 5.74) is 1.52. The number of benzene rings is 1. The molecule has 0 aliphatic rings. The third-order valence-electron chi connectivity index (χ3n) is 2.79. The Morgan fingerprint density at radius 3 is 3.00 bits per heavy atom. The summed E-state index contributed by atoms with van der Waals surface area (Å²) in [7, 11) is 0. The molecule has 0 aliphatic carbocycles. The third-order valence-corrected chi connectivity index (χ3v) is 2.79. The molecule has 0 unspecified atom stereocenters. The molecule has 0 fully saturated rings. The maximum absolute atomic E-state index is 12.3. The number of hydrogen-bond donors (Lipinski definition) is 0. The van der Waals surface area contributed by atoms with Crippen LogP contribution in [0.3, 0.4) is 0 Å². The second-order valence-corrected chi connectivity index (χ2v) is 3.95. The molecule has 1 aromatic carbocycles. The maximum atomic E-state index is 12.3. The first-order valence-corrected chi connectivity index (χ1v) is 5.47. The topological polar surface area (TPSA) is 66.9 Å². The summed E-state index contributed by atoms with van der Waals surface area (Å²) in [4.78, 5) is 16.3. The van der Waals surface area contributed by atoms with Gasteiger partial charge in [-0.05, 0) is 29.8 Å². The summed E-state index contributed by atoms with van der Waals surface area (Å²) in [5, 5.41) is 9.62. The normalized spacial score (nSPS) is 10.6. The lowest BCUT2D eigenvalue weighted by molar-refractivity contribution is 0.644. The van der Waals surface area contributed by atoms with Crippen LogP contribution in [-0.2, 0) is 6.42 Å². The summed E-state index contributed by atoms with van der Waals surface area (Å²) in [6, 6.07) is 10.6. The number of nitriles is 1. The van der Waals surface area contributed by atoms with Crippen LogP contribution < -0.4 is 5.43 Å². The predicted octanol–water partition coefficient (Wildman–Crippen LogP) is 2.41. The second kappa shape index (κ2) is 3.97. The Bertz CT molecular complexity index is 844. The summed E-state index contributed by atoms with van der Waals surface area (Å²) < 4.78 is 5.57. The molecule has 0 spiro atoms. The van der Waals surface area contributed by atoms with Crippen molar-refractivity contribution in [3.63, 3.8) is 0 Å². The van der Waals surface area contributed by atoms with Gasteiger partial charge in [0.1, 0.15) is 5.58 Å². The fourth-order valence-electron chi connectivity index (χ4n) is 1.94. The molecule has 3 aromatic rings. The minimum atomic E-state index is -0.112. The molecule has 0 radical (unpaired) electrons. The average molecular weight is 236 g/mol. The van der Waals surface area contributed by atoms with E-state index >= 15 is 0 Å². The van der Waals surface area contributed by atoms with Gasteiger partial charge in [-0.15, -0.1) is 0 Å². The number of hydrogen-bond acceptors (Lipinski definition) is 4. The fourth-order valence-corrected chi connectivity index (χ4v) is 1.94.